The summed E-state index contributed by atoms with van der Waals surface area (Å²) in [5.41, 5.74) is 0.464. The number of nitrogens with zero attached hydrogens (tertiary/aromatic N) is 4. The number of furan rings is 1. The molecule has 9 nitrogen and oxygen atoms in total. The Balaban J connectivity index is 1.66. The number of nitrogens with one attached hydrogen (secondary N) is 1. The van der Waals surface area contributed by atoms with Crippen molar-refractivity contribution in [2.24, 2.45) is 0 Å². The summed E-state index contributed by atoms with van der Waals surface area (Å²) >= 11 is 1.26. The second-order valence-electron chi connectivity index (χ2n) is 5.89. The Hall–Kier alpha value is -3.14. The first-order valence-corrected chi connectivity index (χ1v) is 9.10. The molecule has 0 aliphatic heterocycles. The van der Waals surface area contributed by atoms with Crippen LogP contribution in [0.1, 0.15) is 19.9 Å². The van der Waals surface area contributed by atoms with E-state index in [9.17, 15) is 14.9 Å². The number of amides is 1. The quantitative estimate of drug-likeness (QED) is 0.373. The van der Waals surface area contributed by atoms with Crippen LogP contribution in [0.5, 0.6) is 0 Å². The van der Waals surface area contributed by atoms with Gasteiger partial charge in [0, 0.05) is 23.9 Å². The summed E-state index contributed by atoms with van der Waals surface area (Å²) in [5.74, 6) is 1.10. The lowest BCUT2D eigenvalue weighted by Crippen LogP contribution is -2.15. The van der Waals surface area contributed by atoms with Crippen molar-refractivity contribution in [3.05, 3.63) is 52.8 Å². The Kier molecular flexibility index (Phi) is 5.55. The molecule has 10 heteroatoms. The summed E-state index contributed by atoms with van der Waals surface area (Å²) in [7, 11) is 0. The number of carbonyl (C=O) groups is 1. The van der Waals surface area contributed by atoms with Crippen molar-refractivity contribution in [3.8, 4) is 11.6 Å². The van der Waals surface area contributed by atoms with E-state index in [1.807, 2.05) is 18.4 Å². The predicted octanol–water partition coefficient (Wildman–Crippen LogP) is 3.76. The molecule has 3 rings (SSSR count). The number of benzene rings is 1. The number of rotatable bonds is 7. The van der Waals surface area contributed by atoms with Gasteiger partial charge in [0.1, 0.15) is 0 Å². The standard InChI is InChI=1S/C17H17N5O4S/c1-11(2)21-16(14-4-3-9-26-14)19-20-17(21)27-10-15(23)18-12-5-7-13(8-6-12)22(24)25/h3-9,11H,10H2,1-2H3,(H,18,23). The molecule has 0 spiro atoms. The summed E-state index contributed by atoms with van der Waals surface area (Å²) in [6, 6.07) is 9.33. The van der Waals surface area contributed by atoms with Crippen LogP contribution in [0.4, 0.5) is 11.4 Å². The fourth-order valence-electron chi connectivity index (χ4n) is 2.41. The summed E-state index contributed by atoms with van der Waals surface area (Å²) < 4.78 is 7.30. The molecule has 1 amide bonds. The molecule has 2 aromatic heterocycles. The first-order valence-electron chi connectivity index (χ1n) is 8.11. The van der Waals surface area contributed by atoms with Crippen LogP contribution in [0.15, 0.2) is 52.2 Å². The average Bonchev–Trinajstić information content (AvgIpc) is 3.29. The van der Waals surface area contributed by atoms with Crippen molar-refractivity contribution in [2.45, 2.75) is 25.0 Å². The second kappa shape index (κ2) is 8.04. The van der Waals surface area contributed by atoms with Crippen LogP contribution in [-0.4, -0.2) is 31.3 Å². The summed E-state index contributed by atoms with van der Waals surface area (Å²) in [6.07, 6.45) is 1.57. The first-order chi connectivity index (χ1) is 13.0. The van der Waals surface area contributed by atoms with Gasteiger partial charge in [-0.2, -0.15) is 0 Å². The monoisotopic (exact) mass is 387 g/mol. The number of hydrogen-bond acceptors (Lipinski definition) is 7. The fraction of sp³-hybridized carbons (Fsp3) is 0.235. The van der Waals surface area contributed by atoms with Crippen LogP contribution >= 0.6 is 11.8 Å². The van der Waals surface area contributed by atoms with E-state index in [4.69, 9.17) is 4.42 Å². The van der Waals surface area contributed by atoms with Crippen LogP contribution < -0.4 is 5.32 Å². The predicted molar refractivity (Wildman–Crippen MR) is 101 cm³/mol. The molecule has 0 bridgehead atoms. The van der Waals surface area contributed by atoms with Gasteiger partial charge in [0.15, 0.2) is 10.9 Å². The maximum absolute atomic E-state index is 12.2. The van der Waals surface area contributed by atoms with Gasteiger partial charge in [-0.25, -0.2) is 0 Å². The van der Waals surface area contributed by atoms with E-state index in [1.54, 1.807) is 18.4 Å². The summed E-state index contributed by atoms with van der Waals surface area (Å²) in [4.78, 5) is 22.4. The van der Waals surface area contributed by atoms with Crippen molar-refractivity contribution < 1.29 is 14.1 Å². The van der Waals surface area contributed by atoms with E-state index in [2.05, 4.69) is 15.5 Å². The highest BCUT2D eigenvalue weighted by molar-refractivity contribution is 7.99. The third-order valence-electron chi connectivity index (χ3n) is 3.62. The number of thioether (sulfide) groups is 1. The van der Waals surface area contributed by atoms with Crippen LogP contribution in [0.25, 0.3) is 11.6 Å². The lowest BCUT2D eigenvalue weighted by molar-refractivity contribution is -0.384. The molecule has 0 fully saturated rings. The largest absolute Gasteiger partial charge is 0.461 e. The third kappa shape index (κ3) is 4.34. The molecule has 0 saturated carbocycles. The molecule has 2 heterocycles. The van der Waals surface area contributed by atoms with Gasteiger partial charge in [0.25, 0.3) is 5.69 Å². The maximum Gasteiger partial charge on any atom is 0.269 e. The van der Waals surface area contributed by atoms with Gasteiger partial charge >= 0.3 is 0 Å². The summed E-state index contributed by atoms with van der Waals surface area (Å²) in [5, 5.41) is 22.3. The van der Waals surface area contributed by atoms with Crippen molar-refractivity contribution in [1.29, 1.82) is 0 Å². The zero-order valence-corrected chi connectivity index (χ0v) is 15.5. The number of anilines is 1. The molecule has 0 aliphatic rings. The Morgan fingerprint density at radius 3 is 2.63 bits per heavy atom. The van der Waals surface area contributed by atoms with E-state index >= 15 is 0 Å². The fourth-order valence-corrected chi connectivity index (χ4v) is 3.28. The van der Waals surface area contributed by atoms with Gasteiger partial charge < -0.3 is 9.73 Å². The highest BCUT2D eigenvalue weighted by Crippen LogP contribution is 2.28. The van der Waals surface area contributed by atoms with E-state index in [0.717, 1.165) is 0 Å². The van der Waals surface area contributed by atoms with Crippen molar-refractivity contribution in [3.63, 3.8) is 0 Å². The first kappa shape index (κ1) is 18.6. The molecule has 0 radical (unpaired) electrons. The lowest BCUT2D eigenvalue weighted by Gasteiger charge is -2.12. The Labute approximate surface area is 158 Å². The van der Waals surface area contributed by atoms with Crippen molar-refractivity contribution >= 4 is 29.0 Å². The van der Waals surface area contributed by atoms with Gasteiger partial charge in [-0.05, 0) is 38.1 Å². The molecule has 0 atom stereocenters. The molecule has 140 valence electrons. The van der Waals surface area contributed by atoms with Gasteiger partial charge in [0.05, 0.1) is 16.9 Å². The number of nitro benzene ring substituents is 1. The number of aromatic nitrogens is 3. The van der Waals surface area contributed by atoms with E-state index < -0.39 is 4.92 Å². The van der Waals surface area contributed by atoms with Gasteiger partial charge in [-0.15, -0.1) is 10.2 Å². The minimum Gasteiger partial charge on any atom is -0.461 e. The SMILES string of the molecule is CC(C)n1c(SCC(=O)Nc2ccc([N+](=O)[O-])cc2)nnc1-c1ccco1. The molecule has 1 N–H and O–H groups in total. The molecule has 1 aromatic carbocycles. The molecule has 0 aliphatic carbocycles. The van der Waals surface area contributed by atoms with E-state index in [0.29, 0.717) is 22.4 Å². The zero-order valence-electron chi connectivity index (χ0n) is 14.7. The smallest absolute Gasteiger partial charge is 0.269 e. The van der Waals surface area contributed by atoms with Crippen molar-refractivity contribution in [1.82, 2.24) is 14.8 Å². The Morgan fingerprint density at radius 2 is 2.04 bits per heavy atom. The highest BCUT2D eigenvalue weighted by atomic mass is 32.2. The molecular formula is C17H17N5O4S. The number of nitro groups is 1. The second-order valence-corrected chi connectivity index (χ2v) is 6.83. The number of non-ortho nitro benzene ring substituents is 1. The van der Waals surface area contributed by atoms with Crippen LogP contribution in [0.3, 0.4) is 0 Å². The van der Waals surface area contributed by atoms with E-state index in [1.165, 1.54) is 36.0 Å². The highest BCUT2D eigenvalue weighted by Gasteiger charge is 2.19. The molecular weight excluding hydrogens is 370 g/mol. The number of hydrogen-bond donors (Lipinski definition) is 1. The topological polar surface area (TPSA) is 116 Å². The molecule has 3 aromatic rings. The summed E-state index contributed by atoms with van der Waals surface area (Å²) in [6.45, 7) is 3.99. The van der Waals surface area contributed by atoms with E-state index in [-0.39, 0.29) is 23.4 Å². The molecule has 0 saturated heterocycles. The lowest BCUT2D eigenvalue weighted by atomic mass is 10.3. The van der Waals surface area contributed by atoms with Gasteiger partial charge in [0.2, 0.25) is 11.7 Å². The normalized spacial score (nSPS) is 10.9. The van der Waals surface area contributed by atoms with Gasteiger partial charge in [-0.1, -0.05) is 11.8 Å². The molecule has 0 unspecified atom stereocenters. The van der Waals surface area contributed by atoms with Gasteiger partial charge in [-0.3, -0.25) is 19.5 Å². The Morgan fingerprint density at radius 1 is 1.30 bits per heavy atom. The van der Waals surface area contributed by atoms with Crippen LogP contribution in [0, 0.1) is 10.1 Å². The number of carbonyl (C=O) groups excluding carboxylic acids is 1. The Bertz CT molecular complexity index is 935. The molecule has 27 heavy (non-hydrogen) atoms. The van der Waals surface area contributed by atoms with Crippen LogP contribution in [0.2, 0.25) is 0 Å². The zero-order chi connectivity index (χ0) is 19.4. The minimum absolute atomic E-state index is 0.0298. The third-order valence-corrected chi connectivity index (χ3v) is 4.56. The minimum atomic E-state index is -0.489. The average molecular weight is 387 g/mol. The van der Waals surface area contributed by atoms with Crippen LogP contribution in [-0.2, 0) is 4.79 Å². The maximum atomic E-state index is 12.2. The van der Waals surface area contributed by atoms with Crippen molar-refractivity contribution in [2.75, 3.05) is 11.1 Å².